The Balaban J connectivity index is 1.65. The summed E-state index contributed by atoms with van der Waals surface area (Å²) in [5.74, 6) is 2.05. The molecule has 0 aliphatic carbocycles. The lowest BCUT2D eigenvalue weighted by atomic mass is 10.1. The van der Waals surface area contributed by atoms with E-state index in [2.05, 4.69) is 16.0 Å². The molecule has 2 aromatic carbocycles. The highest BCUT2D eigenvalue weighted by Crippen LogP contribution is 2.31. The monoisotopic (exact) mass is 408 g/mol. The second-order valence-electron chi connectivity index (χ2n) is 7.81. The molecule has 1 fully saturated rings. The minimum Gasteiger partial charge on any atom is -0.457 e. The van der Waals surface area contributed by atoms with Gasteiger partial charge in [-0.2, -0.15) is 0 Å². The number of carbonyl (C=O) groups is 1. The lowest BCUT2D eigenvalue weighted by Gasteiger charge is -2.26. The van der Waals surface area contributed by atoms with Crippen LogP contribution in [0.4, 0.5) is 0 Å². The molecule has 7 nitrogen and oxygen atoms in total. The van der Waals surface area contributed by atoms with Crippen LogP contribution in [0, 0.1) is 6.92 Å². The average molecular weight is 409 g/mol. The molecular formula is C23H28N4O3. The van der Waals surface area contributed by atoms with E-state index in [1.807, 2.05) is 43.3 Å². The van der Waals surface area contributed by atoms with Crippen molar-refractivity contribution < 1.29 is 14.3 Å². The Morgan fingerprint density at radius 3 is 2.63 bits per heavy atom. The number of aryl methyl sites for hydroxylation is 1. The summed E-state index contributed by atoms with van der Waals surface area (Å²) < 4.78 is 13.8. The predicted octanol–water partition coefficient (Wildman–Crippen LogP) is 3.45. The summed E-state index contributed by atoms with van der Waals surface area (Å²) in [4.78, 5) is 16.3. The highest BCUT2D eigenvalue weighted by Gasteiger charge is 2.22. The van der Waals surface area contributed by atoms with Crippen molar-refractivity contribution in [2.75, 3.05) is 13.2 Å². The summed E-state index contributed by atoms with van der Waals surface area (Å²) in [7, 11) is 0. The van der Waals surface area contributed by atoms with E-state index in [4.69, 9.17) is 20.2 Å². The third-order valence-electron chi connectivity index (χ3n) is 5.54. The summed E-state index contributed by atoms with van der Waals surface area (Å²) in [6, 6.07) is 13.9. The van der Waals surface area contributed by atoms with Crippen LogP contribution in [0.25, 0.3) is 11.0 Å². The van der Waals surface area contributed by atoms with Gasteiger partial charge in [0.25, 0.3) is 0 Å². The van der Waals surface area contributed by atoms with Gasteiger partial charge in [-0.1, -0.05) is 17.7 Å². The van der Waals surface area contributed by atoms with Gasteiger partial charge in [0.15, 0.2) is 0 Å². The third kappa shape index (κ3) is 4.47. The molecule has 0 unspecified atom stereocenters. The van der Waals surface area contributed by atoms with Crippen LogP contribution in [0.2, 0.25) is 0 Å². The van der Waals surface area contributed by atoms with Crippen molar-refractivity contribution in [1.29, 1.82) is 0 Å². The quantitative estimate of drug-likeness (QED) is 0.625. The van der Waals surface area contributed by atoms with E-state index >= 15 is 0 Å². The van der Waals surface area contributed by atoms with Crippen LogP contribution in [-0.2, 0) is 16.1 Å². The van der Waals surface area contributed by atoms with Gasteiger partial charge in [0.05, 0.1) is 23.6 Å². The van der Waals surface area contributed by atoms with Gasteiger partial charge in [0.1, 0.15) is 17.3 Å². The Bertz CT molecular complexity index is 1020. The SMILES string of the molecule is Cc1ccc(Oc2ccc3c(c2)nc(CN[C@@H](C)C(N)=O)n3C2CCOCC2)cc1. The van der Waals surface area contributed by atoms with Gasteiger partial charge in [-0.15, -0.1) is 0 Å². The number of ether oxygens (including phenoxy) is 2. The lowest BCUT2D eigenvalue weighted by molar-refractivity contribution is -0.119. The number of fused-ring (bicyclic) bond motifs is 1. The Labute approximate surface area is 176 Å². The van der Waals surface area contributed by atoms with Crippen LogP contribution in [0.3, 0.4) is 0 Å². The maximum atomic E-state index is 11.4. The number of amides is 1. The summed E-state index contributed by atoms with van der Waals surface area (Å²) in [6.45, 7) is 5.75. The first-order valence-electron chi connectivity index (χ1n) is 10.4. The van der Waals surface area contributed by atoms with Gasteiger partial charge in [0.2, 0.25) is 5.91 Å². The smallest absolute Gasteiger partial charge is 0.234 e. The molecule has 158 valence electrons. The number of carbonyl (C=O) groups excluding carboxylic acids is 1. The number of benzene rings is 2. The second-order valence-corrected chi connectivity index (χ2v) is 7.81. The number of rotatable bonds is 7. The second kappa shape index (κ2) is 8.85. The van der Waals surface area contributed by atoms with Crippen molar-refractivity contribution in [3.05, 3.63) is 53.9 Å². The predicted molar refractivity (Wildman–Crippen MR) is 116 cm³/mol. The lowest BCUT2D eigenvalue weighted by Crippen LogP contribution is -2.39. The molecule has 1 atom stereocenters. The van der Waals surface area contributed by atoms with Crippen molar-refractivity contribution in [3.63, 3.8) is 0 Å². The molecule has 1 saturated heterocycles. The molecule has 0 bridgehead atoms. The van der Waals surface area contributed by atoms with E-state index in [-0.39, 0.29) is 5.91 Å². The largest absolute Gasteiger partial charge is 0.457 e. The van der Waals surface area contributed by atoms with Crippen molar-refractivity contribution in [2.24, 2.45) is 5.73 Å². The van der Waals surface area contributed by atoms with E-state index in [0.717, 1.165) is 54.4 Å². The van der Waals surface area contributed by atoms with Gasteiger partial charge in [-0.05, 0) is 51.0 Å². The zero-order valence-electron chi connectivity index (χ0n) is 17.4. The molecule has 1 amide bonds. The molecule has 1 aliphatic heterocycles. The Morgan fingerprint density at radius 1 is 1.23 bits per heavy atom. The Morgan fingerprint density at radius 2 is 1.93 bits per heavy atom. The first kappa shape index (κ1) is 20.4. The van der Waals surface area contributed by atoms with Crippen LogP contribution in [0.5, 0.6) is 11.5 Å². The number of primary amides is 1. The number of nitrogens with one attached hydrogen (secondary N) is 1. The van der Waals surface area contributed by atoms with E-state index < -0.39 is 6.04 Å². The van der Waals surface area contributed by atoms with Gasteiger partial charge in [-0.25, -0.2) is 4.98 Å². The highest BCUT2D eigenvalue weighted by molar-refractivity contribution is 5.79. The fraction of sp³-hybridized carbons (Fsp3) is 0.391. The van der Waals surface area contributed by atoms with Gasteiger partial charge >= 0.3 is 0 Å². The standard InChI is InChI=1S/C23H28N4O3/c1-15-3-5-18(6-4-15)30-19-7-8-21-20(13-19)26-22(14-25-16(2)23(24)28)27(21)17-9-11-29-12-10-17/h3-8,13,16-17,25H,9-12,14H2,1-2H3,(H2,24,28)/t16-/m0/s1. The number of imidazole rings is 1. The molecule has 3 N–H and O–H groups in total. The number of nitrogens with zero attached hydrogens (tertiary/aromatic N) is 2. The number of aromatic nitrogens is 2. The molecule has 4 rings (SSSR count). The number of nitrogens with two attached hydrogens (primary N) is 1. The van der Waals surface area contributed by atoms with E-state index in [1.54, 1.807) is 6.92 Å². The Hall–Kier alpha value is -2.90. The van der Waals surface area contributed by atoms with Crippen LogP contribution in [-0.4, -0.2) is 34.7 Å². The molecule has 0 saturated carbocycles. The van der Waals surface area contributed by atoms with Gasteiger partial charge in [-0.3, -0.25) is 10.1 Å². The van der Waals surface area contributed by atoms with E-state index in [1.165, 1.54) is 5.56 Å². The fourth-order valence-corrected chi connectivity index (χ4v) is 3.75. The maximum Gasteiger partial charge on any atom is 0.234 e. The minimum atomic E-state index is -0.423. The summed E-state index contributed by atoms with van der Waals surface area (Å²) in [5, 5.41) is 3.18. The molecule has 3 aromatic rings. The molecule has 2 heterocycles. The van der Waals surface area contributed by atoms with Crippen molar-refractivity contribution in [1.82, 2.24) is 14.9 Å². The van der Waals surface area contributed by atoms with Gasteiger partial charge in [0, 0.05) is 25.3 Å². The zero-order chi connectivity index (χ0) is 21.1. The van der Waals surface area contributed by atoms with E-state index in [0.29, 0.717) is 12.6 Å². The summed E-state index contributed by atoms with van der Waals surface area (Å²) >= 11 is 0. The van der Waals surface area contributed by atoms with Crippen LogP contribution < -0.4 is 15.8 Å². The van der Waals surface area contributed by atoms with Crippen LogP contribution >= 0.6 is 0 Å². The Kier molecular flexibility index (Phi) is 6.01. The van der Waals surface area contributed by atoms with Crippen LogP contribution in [0.15, 0.2) is 42.5 Å². The fourth-order valence-electron chi connectivity index (χ4n) is 3.75. The summed E-state index contributed by atoms with van der Waals surface area (Å²) in [5.41, 5.74) is 8.51. The maximum absolute atomic E-state index is 11.4. The molecule has 7 heteroatoms. The van der Waals surface area contributed by atoms with Crippen molar-refractivity contribution in [2.45, 2.75) is 45.3 Å². The van der Waals surface area contributed by atoms with Gasteiger partial charge < -0.3 is 19.8 Å². The molecular weight excluding hydrogens is 380 g/mol. The molecule has 30 heavy (non-hydrogen) atoms. The highest BCUT2D eigenvalue weighted by atomic mass is 16.5. The number of hydrogen-bond acceptors (Lipinski definition) is 5. The first-order valence-corrected chi connectivity index (χ1v) is 10.4. The topological polar surface area (TPSA) is 91.4 Å². The minimum absolute atomic E-state index is 0.313. The summed E-state index contributed by atoms with van der Waals surface area (Å²) in [6.07, 6.45) is 1.87. The molecule has 0 radical (unpaired) electrons. The molecule has 1 aromatic heterocycles. The molecule has 1 aliphatic rings. The van der Waals surface area contributed by atoms with Crippen LogP contribution in [0.1, 0.15) is 37.2 Å². The zero-order valence-corrected chi connectivity index (χ0v) is 17.4. The van der Waals surface area contributed by atoms with E-state index in [9.17, 15) is 4.79 Å². The van der Waals surface area contributed by atoms with Crippen molar-refractivity contribution >= 4 is 16.9 Å². The molecule has 0 spiro atoms. The average Bonchev–Trinajstić information content (AvgIpc) is 3.11. The normalized spacial score (nSPS) is 15.9. The number of hydrogen-bond donors (Lipinski definition) is 2. The third-order valence-corrected chi connectivity index (χ3v) is 5.54. The van der Waals surface area contributed by atoms with Crippen molar-refractivity contribution in [3.8, 4) is 11.5 Å². The first-order chi connectivity index (χ1) is 14.5.